The van der Waals surface area contributed by atoms with E-state index in [1.54, 1.807) is 48.5 Å². The highest BCUT2D eigenvalue weighted by molar-refractivity contribution is 7.93. The van der Waals surface area contributed by atoms with Gasteiger partial charge in [0.1, 0.15) is 5.52 Å². The van der Waals surface area contributed by atoms with Crippen molar-refractivity contribution in [2.75, 3.05) is 28.6 Å². The van der Waals surface area contributed by atoms with Crippen LogP contribution in [0.2, 0.25) is 0 Å². The summed E-state index contributed by atoms with van der Waals surface area (Å²) in [5.74, 6) is -0.387. The number of nitrogens with zero attached hydrogens (tertiary/aromatic N) is 4. The second-order valence-corrected chi connectivity index (χ2v) is 15.7. The van der Waals surface area contributed by atoms with Gasteiger partial charge in [0.15, 0.2) is 5.82 Å². The molecule has 1 aliphatic rings. The lowest BCUT2D eigenvalue weighted by Gasteiger charge is -2.26. The highest BCUT2D eigenvalue weighted by atomic mass is 32.2. The summed E-state index contributed by atoms with van der Waals surface area (Å²) >= 11 is 0. The third-order valence-corrected chi connectivity index (χ3v) is 12.3. The largest absolute Gasteiger partial charge is 0.465 e. The summed E-state index contributed by atoms with van der Waals surface area (Å²) in [5.41, 5.74) is 3.05. The van der Waals surface area contributed by atoms with Gasteiger partial charge in [0.05, 0.1) is 34.7 Å². The summed E-state index contributed by atoms with van der Waals surface area (Å²) in [6.07, 6.45) is 1.85. The van der Waals surface area contributed by atoms with E-state index in [4.69, 9.17) is 9.72 Å². The van der Waals surface area contributed by atoms with Crippen molar-refractivity contribution in [1.82, 2.24) is 8.96 Å². The molecule has 254 valence electrons. The minimum absolute atomic E-state index is 0.0112. The lowest BCUT2D eigenvalue weighted by Crippen LogP contribution is -2.26. The van der Waals surface area contributed by atoms with E-state index in [1.807, 2.05) is 65.6 Å². The van der Waals surface area contributed by atoms with Gasteiger partial charge in [0.25, 0.3) is 10.0 Å². The Morgan fingerprint density at radius 3 is 2.00 bits per heavy atom. The van der Waals surface area contributed by atoms with E-state index in [-0.39, 0.29) is 34.0 Å². The maximum atomic E-state index is 15.0. The van der Waals surface area contributed by atoms with Crippen molar-refractivity contribution in [3.63, 3.8) is 0 Å². The Morgan fingerprint density at radius 1 is 0.840 bits per heavy atom. The fourth-order valence-corrected chi connectivity index (χ4v) is 9.56. The van der Waals surface area contributed by atoms with Gasteiger partial charge in [-0.1, -0.05) is 97.1 Å². The van der Waals surface area contributed by atoms with Crippen LogP contribution >= 0.6 is 0 Å². The van der Waals surface area contributed by atoms with E-state index in [0.717, 1.165) is 11.1 Å². The zero-order valence-corrected chi connectivity index (χ0v) is 28.8. The summed E-state index contributed by atoms with van der Waals surface area (Å²) in [6.45, 7) is 0.987. The van der Waals surface area contributed by atoms with Gasteiger partial charge in [-0.15, -0.1) is 0 Å². The molecule has 0 atom stereocenters. The Hall–Kier alpha value is -5.46. The number of benzene rings is 4. The standard InChI is InChI=1S/C38H34N4O6S2/c1-48-38(43)33-25-39-37(40(26-28-14-5-2-6-15-28)27-29-16-7-3-8-17-29)36-32(33)24-35(42(36)50(46,47)30-18-9-4-10-19-30)31-20-11-12-21-34(31)41-22-13-23-49(41,44)45/h2-12,14-21,24-25H,13,22-23,26-27H2,1H3. The van der Waals surface area contributed by atoms with Crippen LogP contribution in [0.1, 0.15) is 27.9 Å². The molecule has 0 N–H and O–H groups in total. The van der Waals surface area contributed by atoms with Gasteiger partial charge < -0.3 is 9.64 Å². The predicted octanol–water partition coefficient (Wildman–Crippen LogP) is 6.47. The molecule has 1 fully saturated rings. The first-order valence-corrected chi connectivity index (χ1v) is 19.1. The molecular weight excluding hydrogens is 673 g/mol. The van der Waals surface area contributed by atoms with Gasteiger partial charge >= 0.3 is 5.97 Å². The first-order valence-electron chi connectivity index (χ1n) is 16.0. The number of methoxy groups -OCH3 is 1. The number of sulfonamides is 1. The average molecular weight is 707 g/mol. The number of aromatic nitrogens is 2. The Morgan fingerprint density at radius 2 is 1.42 bits per heavy atom. The van der Waals surface area contributed by atoms with Gasteiger partial charge in [-0.25, -0.2) is 30.6 Å². The second-order valence-electron chi connectivity index (χ2n) is 11.9. The minimum Gasteiger partial charge on any atom is -0.465 e. The fourth-order valence-electron chi connectivity index (χ4n) is 6.44. The van der Waals surface area contributed by atoms with Crippen molar-refractivity contribution in [3.8, 4) is 11.3 Å². The van der Waals surface area contributed by atoms with Gasteiger partial charge in [-0.05, 0) is 41.8 Å². The topological polar surface area (TPSA) is 119 Å². The van der Waals surface area contributed by atoms with Gasteiger partial charge in [0, 0.05) is 36.8 Å². The molecule has 1 aliphatic heterocycles. The third-order valence-electron chi connectivity index (χ3n) is 8.74. The summed E-state index contributed by atoms with van der Waals surface area (Å²) < 4.78 is 64.1. The Bertz CT molecular complexity index is 2360. The minimum atomic E-state index is -4.39. The van der Waals surface area contributed by atoms with Crippen molar-refractivity contribution in [3.05, 3.63) is 144 Å². The Labute approximate surface area is 291 Å². The lowest BCUT2D eigenvalue weighted by atomic mass is 10.1. The van der Waals surface area contributed by atoms with Crippen LogP contribution in [0.4, 0.5) is 11.5 Å². The third kappa shape index (κ3) is 6.12. The van der Waals surface area contributed by atoms with Gasteiger partial charge in [0.2, 0.25) is 10.0 Å². The SMILES string of the molecule is COC(=O)c1cnc(N(Cc2ccccc2)Cc2ccccc2)c2c1cc(-c1ccccc1N1CCCS1(=O)=O)n2S(=O)(=O)c1ccccc1. The van der Waals surface area contributed by atoms with Crippen LogP contribution < -0.4 is 9.21 Å². The number of fused-ring (bicyclic) bond motifs is 1. The van der Waals surface area contributed by atoms with Crippen molar-refractivity contribution in [1.29, 1.82) is 0 Å². The van der Waals surface area contributed by atoms with Gasteiger partial charge in [-0.3, -0.25) is 4.31 Å². The summed E-state index contributed by atoms with van der Waals surface area (Å²) in [4.78, 5) is 20.1. The van der Waals surface area contributed by atoms with Crippen LogP contribution in [-0.4, -0.2) is 51.2 Å². The Kier molecular flexibility index (Phi) is 8.89. The zero-order valence-electron chi connectivity index (χ0n) is 27.2. The summed E-state index contributed by atoms with van der Waals surface area (Å²) in [6, 6.07) is 36.0. The van der Waals surface area contributed by atoms with Crippen LogP contribution in [0.5, 0.6) is 0 Å². The fraction of sp³-hybridized carbons (Fsp3) is 0.158. The number of esters is 1. The summed E-state index contributed by atoms with van der Waals surface area (Å²) in [5, 5.41) is 0.293. The molecule has 2 aromatic heterocycles. The molecular formula is C38H34N4O6S2. The first kappa shape index (κ1) is 33.1. The van der Waals surface area contributed by atoms with E-state index in [0.29, 0.717) is 42.0 Å². The number of ether oxygens (including phenoxy) is 1. The molecule has 0 aliphatic carbocycles. The van der Waals surface area contributed by atoms with Crippen molar-refractivity contribution >= 4 is 48.4 Å². The second kappa shape index (κ2) is 13.4. The van der Waals surface area contributed by atoms with E-state index >= 15 is 0 Å². The molecule has 10 nitrogen and oxygen atoms in total. The van der Waals surface area contributed by atoms with E-state index in [2.05, 4.69) is 0 Å². The number of hydrogen-bond donors (Lipinski definition) is 0. The average Bonchev–Trinajstić information content (AvgIpc) is 3.72. The monoisotopic (exact) mass is 706 g/mol. The molecule has 50 heavy (non-hydrogen) atoms. The molecule has 7 rings (SSSR count). The number of pyridine rings is 1. The molecule has 0 bridgehead atoms. The van der Waals surface area contributed by atoms with Crippen molar-refractivity contribution in [2.45, 2.75) is 24.4 Å². The maximum Gasteiger partial charge on any atom is 0.340 e. The number of para-hydroxylation sites is 1. The van der Waals surface area contributed by atoms with Gasteiger partial charge in [-0.2, -0.15) is 0 Å². The van der Waals surface area contributed by atoms with Crippen LogP contribution in [0.15, 0.2) is 132 Å². The predicted molar refractivity (Wildman–Crippen MR) is 194 cm³/mol. The Balaban J connectivity index is 1.59. The normalized spacial score (nSPS) is 14.1. The molecule has 0 radical (unpaired) electrons. The van der Waals surface area contributed by atoms with Crippen molar-refractivity contribution in [2.24, 2.45) is 0 Å². The molecule has 0 saturated carbocycles. The highest BCUT2D eigenvalue weighted by Crippen LogP contribution is 2.42. The molecule has 0 amide bonds. The number of hydrogen-bond acceptors (Lipinski definition) is 8. The first-order chi connectivity index (χ1) is 24.2. The van der Waals surface area contributed by atoms with E-state index < -0.39 is 26.0 Å². The molecule has 0 spiro atoms. The quantitative estimate of drug-likeness (QED) is 0.149. The van der Waals surface area contributed by atoms with E-state index in [1.165, 1.54) is 33.7 Å². The van der Waals surface area contributed by atoms with E-state index in [9.17, 15) is 21.6 Å². The molecule has 1 saturated heterocycles. The smallest absolute Gasteiger partial charge is 0.340 e. The molecule has 4 aromatic carbocycles. The molecule has 6 aromatic rings. The highest BCUT2D eigenvalue weighted by Gasteiger charge is 2.34. The molecule has 0 unspecified atom stereocenters. The maximum absolute atomic E-state index is 15.0. The van der Waals surface area contributed by atoms with Crippen LogP contribution in [0, 0.1) is 0 Å². The lowest BCUT2D eigenvalue weighted by molar-refractivity contribution is 0.0602. The zero-order chi connectivity index (χ0) is 34.9. The van der Waals surface area contributed by atoms with Crippen LogP contribution in [-0.2, 0) is 37.9 Å². The number of rotatable bonds is 10. The van der Waals surface area contributed by atoms with Crippen LogP contribution in [0.25, 0.3) is 22.2 Å². The number of carbonyl (C=O) groups is 1. The summed E-state index contributed by atoms with van der Waals surface area (Å²) in [7, 11) is -6.77. The molecule has 12 heteroatoms. The molecule has 3 heterocycles. The number of carbonyl (C=O) groups excluding carboxylic acids is 1. The van der Waals surface area contributed by atoms with Crippen LogP contribution in [0.3, 0.4) is 0 Å². The van der Waals surface area contributed by atoms with Crippen molar-refractivity contribution < 1.29 is 26.4 Å². The number of anilines is 2.